The Bertz CT molecular complexity index is 446. The van der Waals surface area contributed by atoms with Crippen molar-refractivity contribution in [1.82, 2.24) is 0 Å². The Morgan fingerprint density at radius 1 is 1.53 bits per heavy atom. The molecule has 2 rings (SSSR count). The van der Waals surface area contributed by atoms with Gasteiger partial charge in [-0.05, 0) is 25.0 Å². The maximum Gasteiger partial charge on any atom is 0.327 e. The second-order valence-electron chi connectivity index (χ2n) is 4.40. The largest absolute Gasteiger partial charge is 0.396 e. The summed E-state index contributed by atoms with van der Waals surface area (Å²) in [7, 11) is 0. The van der Waals surface area contributed by atoms with Crippen molar-refractivity contribution >= 4 is 11.4 Å². The Hall–Kier alpha value is -1.69. The minimum absolute atomic E-state index is 0.0448. The molecular formula is C11H13FN2O3. The van der Waals surface area contributed by atoms with E-state index < -0.39 is 16.4 Å². The van der Waals surface area contributed by atoms with E-state index >= 15 is 0 Å². The third kappa shape index (κ3) is 2.36. The van der Waals surface area contributed by atoms with Gasteiger partial charge in [-0.3, -0.25) is 10.1 Å². The van der Waals surface area contributed by atoms with Gasteiger partial charge in [-0.1, -0.05) is 6.07 Å². The molecule has 0 saturated heterocycles. The number of anilines is 1. The lowest BCUT2D eigenvalue weighted by Crippen LogP contribution is -2.19. The van der Waals surface area contributed by atoms with Crippen molar-refractivity contribution in [1.29, 1.82) is 0 Å². The zero-order valence-electron chi connectivity index (χ0n) is 9.15. The molecule has 0 atom stereocenters. The smallest absolute Gasteiger partial charge is 0.327 e. The van der Waals surface area contributed by atoms with Gasteiger partial charge in [0.2, 0.25) is 5.82 Å². The summed E-state index contributed by atoms with van der Waals surface area (Å²) in [6.45, 7) is 0.469. The fourth-order valence-corrected chi connectivity index (χ4v) is 1.69. The molecule has 0 radical (unpaired) electrons. The van der Waals surface area contributed by atoms with Crippen LogP contribution >= 0.6 is 0 Å². The molecule has 6 heteroatoms. The Morgan fingerprint density at radius 3 is 2.76 bits per heavy atom. The maximum absolute atomic E-state index is 13.3. The predicted molar refractivity (Wildman–Crippen MR) is 60.3 cm³/mol. The van der Waals surface area contributed by atoms with E-state index in [-0.39, 0.29) is 17.7 Å². The molecule has 2 N–H and O–H groups in total. The van der Waals surface area contributed by atoms with Crippen LogP contribution in [0.3, 0.4) is 0 Å². The first kappa shape index (κ1) is 11.8. The highest BCUT2D eigenvalue weighted by molar-refractivity contribution is 5.62. The fourth-order valence-electron chi connectivity index (χ4n) is 1.69. The van der Waals surface area contributed by atoms with Gasteiger partial charge in [0.15, 0.2) is 0 Å². The molecular weight excluding hydrogens is 227 g/mol. The van der Waals surface area contributed by atoms with E-state index in [1.165, 1.54) is 12.1 Å². The first-order valence-corrected chi connectivity index (χ1v) is 5.36. The van der Waals surface area contributed by atoms with E-state index in [1.807, 2.05) is 0 Å². The summed E-state index contributed by atoms with van der Waals surface area (Å²) in [6.07, 6.45) is 1.78. The zero-order chi connectivity index (χ0) is 12.5. The van der Waals surface area contributed by atoms with Crippen molar-refractivity contribution in [2.75, 3.05) is 18.5 Å². The molecule has 0 aliphatic heterocycles. The van der Waals surface area contributed by atoms with E-state index in [0.717, 1.165) is 18.9 Å². The Balaban J connectivity index is 2.15. The van der Waals surface area contributed by atoms with Crippen molar-refractivity contribution in [3.8, 4) is 0 Å². The summed E-state index contributed by atoms with van der Waals surface area (Å²) in [5.41, 5.74) is -0.559. The summed E-state index contributed by atoms with van der Waals surface area (Å²) in [4.78, 5) is 9.99. The molecule has 0 heterocycles. The fraction of sp³-hybridized carbons (Fsp3) is 0.455. The average molecular weight is 240 g/mol. The van der Waals surface area contributed by atoms with Gasteiger partial charge in [-0.15, -0.1) is 0 Å². The van der Waals surface area contributed by atoms with Crippen LogP contribution in [0.2, 0.25) is 0 Å². The van der Waals surface area contributed by atoms with Crippen LogP contribution in [0.1, 0.15) is 12.8 Å². The Morgan fingerprint density at radius 2 is 2.24 bits per heavy atom. The van der Waals surface area contributed by atoms with Crippen molar-refractivity contribution < 1.29 is 14.4 Å². The van der Waals surface area contributed by atoms with Crippen molar-refractivity contribution in [2.45, 2.75) is 12.8 Å². The molecule has 1 fully saturated rings. The number of hydrogen-bond acceptors (Lipinski definition) is 4. The summed E-state index contributed by atoms with van der Waals surface area (Å²) in [6, 6.07) is 3.94. The minimum atomic E-state index is -0.853. The number of rotatable bonds is 5. The highest BCUT2D eigenvalue weighted by Crippen LogP contribution is 2.45. The summed E-state index contributed by atoms with van der Waals surface area (Å²) in [5, 5.41) is 22.7. The van der Waals surface area contributed by atoms with Gasteiger partial charge in [0.05, 0.1) is 11.5 Å². The number of halogens is 1. The second-order valence-corrected chi connectivity index (χ2v) is 4.40. The molecule has 1 aromatic rings. The molecule has 17 heavy (non-hydrogen) atoms. The molecule has 1 aromatic carbocycles. The van der Waals surface area contributed by atoms with Gasteiger partial charge in [0.1, 0.15) is 5.69 Å². The topological polar surface area (TPSA) is 75.4 Å². The first-order valence-electron chi connectivity index (χ1n) is 5.36. The lowest BCUT2D eigenvalue weighted by molar-refractivity contribution is -0.386. The highest BCUT2D eigenvalue weighted by atomic mass is 19.1. The highest BCUT2D eigenvalue weighted by Gasteiger charge is 2.42. The van der Waals surface area contributed by atoms with E-state index in [0.29, 0.717) is 6.54 Å². The predicted octanol–water partition coefficient (Wildman–Crippen LogP) is 1.92. The van der Waals surface area contributed by atoms with Gasteiger partial charge in [-0.2, -0.15) is 4.39 Å². The van der Waals surface area contributed by atoms with Crippen molar-refractivity contribution in [3.63, 3.8) is 0 Å². The number of nitrogens with one attached hydrogen (secondary N) is 1. The molecule has 0 unspecified atom stereocenters. The van der Waals surface area contributed by atoms with Gasteiger partial charge < -0.3 is 10.4 Å². The van der Waals surface area contributed by atoms with Gasteiger partial charge >= 0.3 is 5.69 Å². The molecule has 92 valence electrons. The molecule has 5 nitrogen and oxygen atoms in total. The molecule has 0 amide bonds. The minimum Gasteiger partial charge on any atom is -0.396 e. The standard InChI is InChI=1S/C11H13FN2O3/c12-8-2-1-3-9(10(8)14(16)17)13-6-11(7-15)4-5-11/h1-3,13,15H,4-7H2. The Labute approximate surface area is 97.4 Å². The molecule has 1 saturated carbocycles. The van der Waals surface area contributed by atoms with E-state index in [2.05, 4.69) is 5.32 Å². The summed E-state index contributed by atoms with van der Waals surface area (Å²) in [5.74, 6) is -0.853. The third-order valence-electron chi connectivity index (χ3n) is 3.12. The lowest BCUT2D eigenvalue weighted by atomic mass is 10.1. The van der Waals surface area contributed by atoms with Gasteiger partial charge in [0, 0.05) is 12.0 Å². The molecule has 0 spiro atoms. The number of nitrogens with zero attached hydrogens (tertiary/aromatic N) is 1. The van der Waals surface area contributed by atoms with Crippen LogP contribution in [0.15, 0.2) is 18.2 Å². The number of nitro benzene ring substituents is 1. The van der Waals surface area contributed by atoms with Crippen molar-refractivity contribution in [2.24, 2.45) is 5.41 Å². The third-order valence-corrected chi connectivity index (χ3v) is 3.12. The summed E-state index contributed by atoms with van der Waals surface area (Å²) < 4.78 is 13.3. The van der Waals surface area contributed by atoms with Gasteiger partial charge in [-0.25, -0.2) is 0 Å². The average Bonchev–Trinajstić information content (AvgIpc) is 3.06. The number of aliphatic hydroxyl groups excluding tert-OH is 1. The quantitative estimate of drug-likeness (QED) is 0.609. The van der Waals surface area contributed by atoms with Crippen LogP contribution in [-0.2, 0) is 0 Å². The number of aliphatic hydroxyl groups is 1. The molecule has 0 bridgehead atoms. The van der Waals surface area contributed by atoms with Crippen LogP contribution in [0.5, 0.6) is 0 Å². The molecule has 1 aliphatic rings. The molecule has 1 aliphatic carbocycles. The van der Waals surface area contributed by atoms with E-state index in [9.17, 15) is 14.5 Å². The van der Waals surface area contributed by atoms with Crippen LogP contribution in [-0.4, -0.2) is 23.2 Å². The number of nitro groups is 1. The van der Waals surface area contributed by atoms with Gasteiger partial charge in [0.25, 0.3) is 0 Å². The number of para-hydroxylation sites is 1. The van der Waals surface area contributed by atoms with Crippen LogP contribution in [0, 0.1) is 21.3 Å². The Kier molecular flexibility index (Phi) is 2.97. The monoisotopic (exact) mass is 240 g/mol. The lowest BCUT2D eigenvalue weighted by Gasteiger charge is -2.13. The van der Waals surface area contributed by atoms with Crippen molar-refractivity contribution in [3.05, 3.63) is 34.1 Å². The SMILES string of the molecule is O=[N+]([O-])c1c(F)cccc1NCC1(CO)CC1. The molecule has 0 aromatic heterocycles. The number of benzene rings is 1. The zero-order valence-corrected chi connectivity index (χ0v) is 9.15. The maximum atomic E-state index is 13.3. The summed E-state index contributed by atoms with van der Waals surface area (Å²) >= 11 is 0. The normalized spacial score (nSPS) is 16.6. The second kappa shape index (κ2) is 4.29. The van der Waals surface area contributed by atoms with E-state index in [1.54, 1.807) is 0 Å². The van der Waals surface area contributed by atoms with Crippen LogP contribution in [0.4, 0.5) is 15.8 Å². The van der Waals surface area contributed by atoms with E-state index in [4.69, 9.17) is 5.11 Å². The van der Waals surface area contributed by atoms with Crippen LogP contribution in [0.25, 0.3) is 0 Å². The first-order chi connectivity index (χ1) is 8.08. The number of hydrogen-bond donors (Lipinski definition) is 2. The van der Waals surface area contributed by atoms with Crippen LogP contribution < -0.4 is 5.32 Å².